The van der Waals surface area contributed by atoms with Gasteiger partial charge in [-0.25, -0.2) is 19.7 Å². The Labute approximate surface area is 225 Å². The minimum atomic E-state index is -4.63. The van der Waals surface area contributed by atoms with E-state index in [-0.39, 0.29) is 32.7 Å². The molecule has 208 valence electrons. The van der Waals surface area contributed by atoms with Crippen LogP contribution in [-0.4, -0.2) is 75.4 Å². The number of carbonyl (C=O) groups excluding carboxylic acids is 1. The van der Waals surface area contributed by atoms with E-state index in [9.17, 15) is 27.9 Å². The lowest BCUT2D eigenvalue weighted by Gasteiger charge is -2.30. The Hall–Kier alpha value is -3.78. The number of carbonyl (C=O) groups is 2. The van der Waals surface area contributed by atoms with Crippen molar-refractivity contribution in [3.05, 3.63) is 58.6 Å². The van der Waals surface area contributed by atoms with E-state index < -0.39 is 36.1 Å². The Kier molecular flexibility index (Phi) is 8.65. The zero-order chi connectivity index (χ0) is 28.2. The average molecular weight is 566 g/mol. The first-order chi connectivity index (χ1) is 18.5. The molecule has 1 saturated heterocycles. The number of carboxylic acid groups (broad SMARTS) is 1. The molecule has 0 aliphatic carbocycles. The molecule has 2 atom stereocenters. The topological polar surface area (TPSA) is 127 Å². The lowest BCUT2D eigenvalue weighted by molar-refractivity contribution is -0.145. The second-order valence-corrected chi connectivity index (χ2v) is 10.3. The van der Waals surface area contributed by atoms with Crippen molar-refractivity contribution >= 4 is 23.3 Å². The van der Waals surface area contributed by atoms with E-state index in [1.54, 1.807) is 31.3 Å². The minimum Gasteiger partial charge on any atom is -0.491 e. The molecule has 10 nitrogen and oxygen atoms in total. The summed E-state index contributed by atoms with van der Waals surface area (Å²) in [6, 6.07) is 4.55. The Bertz CT molecular complexity index is 1320. The fourth-order valence-corrected chi connectivity index (χ4v) is 4.68. The van der Waals surface area contributed by atoms with Crippen molar-refractivity contribution < 1.29 is 37.3 Å². The standard InChI is InChI=1S/C25H26F3N5O5S/c1-14(5-16-10-30-23(31-11-16)25(26,27)28)32-21(34)17-6-18(22-29-9-15(2)39-22)8-19(7-17)38-13-20-12-33(24(35)36)3-4-37-20/h6-11,14,20H,3-5,12-13H2,1-2H3,(H,32,34)(H,35,36)/t14-,20-/m1/s1. The van der Waals surface area contributed by atoms with Crippen LogP contribution in [0.15, 0.2) is 36.8 Å². The number of nitrogens with zero attached hydrogens (tertiary/aromatic N) is 4. The lowest BCUT2D eigenvalue weighted by atomic mass is 10.1. The van der Waals surface area contributed by atoms with Crippen LogP contribution in [0.4, 0.5) is 18.0 Å². The molecule has 0 spiro atoms. The largest absolute Gasteiger partial charge is 0.491 e. The van der Waals surface area contributed by atoms with Crippen LogP contribution in [0.5, 0.6) is 5.75 Å². The van der Waals surface area contributed by atoms with Gasteiger partial charge in [0, 0.05) is 47.2 Å². The van der Waals surface area contributed by atoms with Crippen LogP contribution in [0.2, 0.25) is 0 Å². The summed E-state index contributed by atoms with van der Waals surface area (Å²) in [6.07, 6.45) is -2.00. The number of rotatable bonds is 8. The molecule has 3 aromatic rings. The highest BCUT2D eigenvalue weighted by Crippen LogP contribution is 2.30. The van der Waals surface area contributed by atoms with Gasteiger partial charge >= 0.3 is 12.3 Å². The van der Waals surface area contributed by atoms with Crippen LogP contribution in [0.1, 0.15) is 33.5 Å². The fraction of sp³-hybridized carbons (Fsp3) is 0.400. The van der Waals surface area contributed by atoms with Gasteiger partial charge in [-0.2, -0.15) is 13.2 Å². The van der Waals surface area contributed by atoms with Gasteiger partial charge in [0.05, 0.1) is 13.2 Å². The first-order valence-corrected chi connectivity index (χ1v) is 12.8. The summed E-state index contributed by atoms with van der Waals surface area (Å²) < 4.78 is 49.7. The van der Waals surface area contributed by atoms with Gasteiger partial charge in [-0.05, 0) is 44.0 Å². The fourth-order valence-electron chi connectivity index (χ4n) is 3.93. The zero-order valence-electron chi connectivity index (χ0n) is 21.1. The molecule has 2 N–H and O–H groups in total. The molecule has 3 heterocycles. The maximum absolute atomic E-state index is 13.1. The Morgan fingerprint density at radius 3 is 2.62 bits per heavy atom. The number of benzene rings is 1. The minimum absolute atomic E-state index is 0.0789. The van der Waals surface area contributed by atoms with Gasteiger partial charge in [0.1, 0.15) is 23.5 Å². The van der Waals surface area contributed by atoms with E-state index in [0.717, 1.165) is 17.3 Å². The smallest absolute Gasteiger partial charge is 0.451 e. The number of hydrogen-bond acceptors (Lipinski definition) is 8. The highest BCUT2D eigenvalue weighted by molar-refractivity contribution is 7.14. The summed E-state index contributed by atoms with van der Waals surface area (Å²) >= 11 is 1.45. The molecule has 39 heavy (non-hydrogen) atoms. The lowest BCUT2D eigenvalue weighted by Crippen LogP contribution is -2.47. The number of nitrogens with one attached hydrogen (secondary N) is 1. The van der Waals surface area contributed by atoms with Crippen LogP contribution < -0.4 is 10.1 Å². The van der Waals surface area contributed by atoms with Crippen LogP contribution in [0.25, 0.3) is 10.6 Å². The third kappa shape index (κ3) is 7.63. The van der Waals surface area contributed by atoms with Crippen LogP contribution in [-0.2, 0) is 17.3 Å². The predicted molar refractivity (Wildman–Crippen MR) is 135 cm³/mol. The summed E-state index contributed by atoms with van der Waals surface area (Å²) in [5.74, 6) is -1.26. The van der Waals surface area contributed by atoms with Gasteiger partial charge in [-0.3, -0.25) is 4.79 Å². The highest BCUT2D eigenvalue weighted by Gasteiger charge is 2.34. The molecule has 0 radical (unpaired) electrons. The number of thiazole rings is 1. The molecule has 0 saturated carbocycles. The van der Waals surface area contributed by atoms with E-state index in [1.165, 1.54) is 16.2 Å². The molecule has 2 aromatic heterocycles. The normalized spacial score (nSPS) is 16.5. The van der Waals surface area contributed by atoms with Gasteiger partial charge < -0.3 is 24.8 Å². The summed E-state index contributed by atoms with van der Waals surface area (Å²) in [5, 5.41) is 12.8. The Morgan fingerprint density at radius 1 is 1.23 bits per heavy atom. The maximum Gasteiger partial charge on any atom is 0.451 e. The van der Waals surface area contributed by atoms with Crippen molar-refractivity contribution in [1.29, 1.82) is 0 Å². The monoisotopic (exact) mass is 565 g/mol. The van der Waals surface area contributed by atoms with E-state index in [4.69, 9.17) is 9.47 Å². The van der Waals surface area contributed by atoms with Crippen molar-refractivity contribution in [2.45, 2.75) is 38.6 Å². The van der Waals surface area contributed by atoms with Crippen LogP contribution >= 0.6 is 11.3 Å². The molecule has 1 aliphatic heterocycles. The molecule has 4 rings (SSSR count). The molecule has 0 bridgehead atoms. The molecule has 0 unspecified atom stereocenters. The van der Waals surface area contributed by atoms with Crippen molar-refractivity contribution in [2.75, 3.05) is 26.3 Å². The first-order valence-electron chi connectivity index (χ1n) is 12.0. The molecular formula is C25H26F3N5O5S. The molecule has 1 aromatic carbocycles. The van der Waals surface area contributed by atoms with Gasteiger partial charge in [-0.1, -0.05) is 0 Å². The van der Waals surface area contributed by atoms with Gasteiger partial charge in [0.25, 0.3) is 5.91 Å². The summed E-state index contributed by atoms with van der Waals surface area (Å²) in [6.45, 7) is 4.42. The number of halogens is 3. The predicted octanol–water partition coefficient (Wildman–Crippen LogP) is 4.05. The van der Waals surface area contributed by atoms with Gasteiger partial charge in [0.2, 0.25) is 5.82 Å². The first kappa shape index (κ1) is 28.2. The molecular weight excluding hydrogens is 539 g/mol. The highest BCUT2D eigenvalue weighted by atomic mass is 32.1. The summed E-state index contributed by atoms with van der Waals surface area (Å²) in [5.41, 5.74) is 1.40. The van der Waals surface area contributed by atoms with Crippen molar-refractivity contribution in [2.24, 2.45) is 0 Å². The quantitative estimate of drug-likeness (QED) is 0.419. The summed E-state index contributed by atoms with van der Waals surface area (Å²) in [7, 11) is 0. The number of alkyl halides is 3. The molecule has 14 heteroatoms. The number of morpholine rings is 1. The van der Waals surface area contributed by atoms with Gasteiger partial charge in [0.15, 0.2) is 0 Å². The van der Waals surface area contributed by atoms with E-state index in [0.29, 0.717) is 27.4 Å². The number of aromatic nitrogens is 3. The third-order valence-electron chi connectivity index (χ3n) is 5.76. The van der Waals surface area contributed by atoms with Crippen LogP contribution in [0, 0.1) is 6.92 Å². The molecule has 1 fully saturated rings. The summed E-state index contributed by atoms with van der Waals surface area (Å²) in [4.78, 5) is 37.8. The Balaban J connectivity index is 1.47. The third-order valence-corrected chi connectivity index (χ3v) is 6.72. The molecule has 2 amide bonds. The number of ether oxygens (including phenoxy) is 2. The average Bonchev–Trinajstić information content (AvgIpc) is 3.33. The SMILES string of the molecule is Cc1cnc(-c2cc(OC[C@H]3CN(C(=O)O)CCO3)cc(C(=O)N[C@H](C)Cc3cnc(C(F)(F)F)nc3)c2)s1. The maximum atomic E-state index is 13.1. The van der Waals surface area contributed by atoms with Crippen molar-refractivity contribution in [3.63, 3.8) is 0 Å². The number of aryl methyl sites for hydroxylation is 1. The second-order valence-electron chi connectivity index (χ2n) is 9.05. The van der Waals surface area contributed by atoms with Crippen LogP contribution in [0.3, 0.4) is 0 Å². The van der Waals surface area contributed by atoms with E-state index >= 15 is 0 Å². The van der Waals surface area contributed by atoms with Gasteiger partial charge in [-0.15, -0.1) is 11.3 Å². The Morgan fingerprint density at radius 2 is 1.97 bits per heavy atom. The number of hydrogen-bond donors (Lipinski definition) is 2. The second kappa shape index (κ2) is 11.9. The van der Waals surface area contributed by atoms with E-state index in [2.05, 4.69) is 20.3 Å². The van der Waals surface area contributed by atoms with Crippen molar-refractivity contribution in [1.82, 2.24) is 25.2 Å². The van der Waals surface area contributed by atoms with E-state index in [1.807, 2.05) is 6.92 Å². The van der Waals surface area contributed by atoms with Crippen molar-refractivity contribution in [3.8, 4) is 16.3 Å². The molecule has 1 aliphatic rings. The number of amides is 2. The zero-order valence-corrected chi connectivity index (χ0v) is 21.9.